The minimum absolute atomic E-state index is 0.134. The molecule has 1 aliphatic heterocycles. The number of hydrogen-bond donors (Lipinski definition) is 0. The molecule has 184 valence electrons. The molecule has 4 aromatic rings. The Morgan fingerprint density at radius 1 is 1.06 bits per heavy atom. The van der Waals surface area contributed by atoms with Gasteiger partial charge in [-0.15, -0.1) is 0 Å². The molecule has 1 saturated heterocycles. The van der Waals surface area contributed by atoms with Gasteiger partial charge in [0.1, 0.15) is 5.82 Å². The summed E-state index contributed by atoms with van der Waals surface area (Å²) < 4.78 is 51.6. The van der Waals surface area contributed by atoms with Crippen molar-refractivity contribution in [2.75, 3.05) is 20.2 Å². The zero-order valence-electron chi connectivity index (χ0n) is 19.6. The van der Waals surface area contributed by atoms with Gasteiger partial charge in [-0.25, -0.2) is 13.2 Å². The average Bonchev–Trinajstić information content (AvgIpc) is 3.33. The number of rotatable bonds is 6. The number of halogens is 3. The molecule has 3 aromatic carbocycles. The molecule has 0 saturated carbocycles. The molecule has 36 heavy (non-hydrogen) atoms. The first-order valence-electron chi connectivity index (χ1n) is 11.2. The van der Waals surface area contributed by atoms with Crippen LogP contribution >= 0.6 is 0 Å². The van der Waals surface area contributed by atoms with Crippen LogP contribution in [0.15, 0.2) is 65.2 Å². The van der Waals surface area contributed by atoms with Crippen LogP contribution in [0, 0.1) is 12.7 Å². The number of carbonyl (C=O) groups excluding carboxylic acids is 1. The second kappa shape index (κ2) is 9.23. The third-order valence-electron chi connectivity index (χ3n) is 6.10. The number of amides is 1. The fourth-order valence-corrected chi connectivity index (χ4v) is 4.25. The molecule has 0 aliphatic carbocycles. The van der Waals surface area contributed by atoms with Crippen molar-refractivity contribution >= 4 is 5.91 Å². The summed E-state index contributed by atoms with van der Waals surface area (Å²) in [6.07, 6.45) is 0. The normalized spacial score (nSPS) is 14.5. The maximum atomic E-state index is 14.7. The lowest BCUT2D eigenvalue weighted by atomic mass is 9.94. The lowest BCUT2D eigenvalue weighted by molar-refractivity contribution is -0.113. The summed E-state index contributed by atoms with van der Waals surface area (Å²) in [6.45, 7) is 0.993. The van der Waals surface area contributed by atoms with Crippen LogP contribution in [-0.2, 0) is 11.3 Å². The second-order valence-electron chi connectivity index (χ2n) is 8.75. The fourth-order valence-electron chi connectivity index (χ4n) is 4.25. The van der Waals surface area contributed by atoms with E-state index in [1.54, 1.807) is 7.11 Å². The largest absolute Gasteiger partial charge is 0.380 e. The number of aromatic nitrogens is 2. The van der Waals surface area contributed by atoms with Crippen LogP contribution in [-0.4, -0.2) is 47.1 Å². The minimum atomic E-state index is -2.92. The first-order chi connectivity index (χ1) is 17.3. The Labute approximate surface area is 205 Å². The first kappa shape index (κ1) is 23.7. The number of alkyl halides is 2. The van der Waals surface area contributed by atoms with E-state index in [9.17, 15) is 18.0 Å². The van der Waals surface area contributed by atoms with Crippen molar-refractivity contribution in [1.29, 1.82) is 0 Å². The maximum absolute atomic E-state index is 14.7. The molecular weight excluding hydrogens is 471 g/mol. The van der Waals surface area contributed by atoms with E-state index in [0.717, 1.165) is 33.2 Å². The smallest absolute Gasteiger partial charge is 0.282 e. The minimum Gasteiger partial charge on any atom is -0.380 e. The van der Waals surface area contributed by atoms with Crippen LogP contribution in [0.1, 0.15) is 21.5 Å². The SMILES string of the molecule is COCc1cc(-c2nc(-c3ccc(C(=O)N4CC(F)(F)C4)c(F)c3)no2)ccc1-c1ccccc1C. The number of likely N-dealkylation sites (tertiary alicyclic amines) is 1. The maximum Gasteiger partial charge on any atom is 0.282 e. The van der Waals surface area contributed by atoms with Gasteiger partial charge in [-0.05, 0) is 53.4 Å². The van der Waals surface area contributed by atoms with Crippen molar-refractivity contribution < 1.29 is 27.2 Å². The van der Waals surface area contributed by atoms with Gasteiger partial charge in [-0.1, -0.05) is 41.6 Å². The Bertz CT molecular complexity index is 1440. The van der Waals surface area contributed by atoms with Crippen molar-refractivity contribution in [1.82, 2.24) is 15.0 Å². The van der Waals surface area contributed by atoms with Gasteiger partial charge in [0.25, 0.3) is 17.7 Å². The summed E-state index contributed by atoms with van der Waals surface area (Å²) in [6, 6.07) is 17.6. The molecule has 9 heteroatoms. The second-order valence-corrected chi connectivity index (χ2v) is 8.75. The van der Waals surface area contributed by atoms with E-state index in [1.165, 1.54) is 12.1 Å². The fraction of sp³-hybridized carbons (Fsp3) is 0.222. The Morgan fingerprint density at radius 3 is 2.50 bits per heavy atom. The van der Waals surface area contributed by atoms with E-state index in [1.807, 2.05) is 49.4 Å². The van der Waals surface area contributed by atoms with E-state index in [4.69, 9.17) is 9.26 Å². The number of methoxy groups -OCH3 is 1. The summed E-state index contributed by atoms with van der Waals surface area (Å²) in [5, 5.41) is 3.95. The number of nitrogens with zero attached hydrogens (tertiary/aromatic N) is 3. The quantitative estimate of drug-likeness (QED) is 0.342. The van der Waals surface area contributed by atoms with E-state index in [0.29, 0.717) is 17.7 Å². The Balaban J connectivity index is 1.41. The molecule has 0 bridgehead atoms. The predicted octanol–water partition coefficient (Wildman–Crippen LogP) is 5.76. The van der Waals surface area contributed by atoms with Gasteiger partial charge in [0.05, 0.1) is 25.3 Å². The van der Waals surface area contributed by atoms with Crippen LogP contribution in [0.25, 0.3) is 34.0 Å². The van der Waals surface area contributed by atoms with Crippen molar-refractivity contribution in [2.24, 2.45) is 0 Å². The molecule has 1 aromatic heterocycles. The molecule has 1 amide bonds. The zero-order valence-corrected chi connectivity index (χ0v) is 19.6. The van der Waals surface area contributed by atoms with Crippen molar-refractivity contribution in [3.8, 4) is 34.0 Å². The Kier molecular flexibility index (Phi) is 6.09. The topological polar surface area (TPSA) is 68.5 Å². The monoisotopic (exact) mass is 493 g/mol. The van der Waals surface area contributed by atoms with Gasteiger partial charge in [0, 0.05) is 18.2 Å². The molecular formula is C27H22F3N3O3. The van der Waals surface area contributed by atoms with Crippen molar-refractivity contribution in [3.05, 3.63) is 83.2 Å². The molecule has 1 fully saturated rings. The summed E-state index contributed by atoms with van der Waals surface area (Å²) in [5.74, 6) is -4.17. The standard InChI is InChI=1S/C27H22F3N3O3/c1-16-5-3-4-6-20(16)21-9-8-18(11-19(21)13-35-2)25-31-24(32-36-25)17-7-10-22(23(28)12-17)26(34)33-14-27(29,30)15-33/h3-12H,13-15H2,1-2H3. The molecule has 6 nitrogen and oxygen atoms in total. The molecule has 0 unspecified atom stereocenters. The average molecular weight is 493 g/mol. The highest BCUT2D eigenvalue weighted by molar-refractivity contribution is 5.95. The van der Waals surface area contributed by atoms with Gasteiger partial charge in [-0.3, -0.25) is 4.79 Å². The third kappa shape index (κ3) is 4.49. The van der Waals surface area contributed by atoms with Gasteiger partial charge in [0.15, 0.2) is 0 Å². The number of hydrogen-bond acceptors (Lipinski definition) is 5. The molecule has 0 radical (unpaired) electrons. The predicted molar refractivity (Wildman–Crippen MR) is 127 cm³/mol. The molecule has 5 rings (SSSR count). The molecule has 0 atom stereocenters. The highest BCUT2D eigenvalue weighted by Crippen LogP contribution is 2.32. The number of carbonyl (C=O) groups is 1. The molecule has 2 heterocycles. The highest BCUT2D eigenvalue weighted by Gasteiger charge is 2.46. The molecule has 1 aliphatic rings. The highest BCUT2D eigenvalue weighted by atomic mass is 19.3. The number of ether oxygens (including phenoxy) is 1. The Hall–Kier alpha value is -3.98. The van der Waals surface area contributed by atoms with Crippen molar-refractivity contribution in [3.63, 3.8) is 0 Å². The van der Waals surface area contributed by atoms with Crippen LogP contribution < -0.4 is 0 Å². The van der Waals surface area contributed by atoms with Crippen LogP contribution in [0.5, 0.6) is 0 Å². The third-order valence-corrected chi connectivity index (χ3v) is 6.10. The van der Waals surface area contributed by atoms with Gasteiger partial charge in [0.2, 0.25) is 5.82 Å². The number of aryl methyl sites for hydroxylation is 1. The van der Waals surface area contributed by atoms with E-state index < -0.39 is 30.7 Å². The van der Waals surface area contributed by atoms with E-state index >= 15 is 0 Å². The van der Waals surface area contributed by atoms with Gasteiger partial charge in [-0.2, -0.15) is 4.98 Å². The van der Waals surface area contributed by atoms with Gasteiger partial charge < -0.3 is 14.2 Å². The summed E-state index contributed by atoms with van der Waals surface area (Å²) >= 11 is 0. The lowest BCUT2D eigenvalue weighted by Crippen LogP contribution is -2.58. The molecule has 0 N–H and O–H groups in total. The van der Waals surface area contributed by atoms with E-state index in [2.05, 4.69) is 10.1 Å². The summed E-state index contributed by atoms with van der Waals surface area (Å²) in [5.41, 5.74) is 4.87. The lowest BCUT2D eigenvalue weighted by Gasteiger charge is -2.38. The van der Waals surface area contributed by atoms with Crippen molar-refractivity contribution in [2.45, 2.75) is 19.5 Å². The van der Waals surface area contributed by atoms with Crippen LogP contribution in [0.4, 0.5) is 13.2 Å². The summed E-state index contributed by atoms with van der Waals surface area (Å²) in [4.78, 5) is 17.6. The Morgan fingerprint density at radius 2 is 1.81 bits per heavy atom. The number of benzene rings is 3. The van der Waals surface area contributed by atoms with Crippen LogP contribution in [0.2, 0.25) is 0 Å². The molecule has 0 spiro atoms. The van der Waals surface area contributed by atoms with Crippen LogP contribution in [0.3, 0.4) is 0 Å². The zero-order chi connectivity index (χ0) is 25.4. The van der Waals surface area contributed by atoms with E-state index in [-0.39, 0.29) is 17.3 Å². The summed E-state index contributed by atoms with van der Waals surface area (Å²) in [7, 11) is 1.62. The first-order valence-corrected chi connectivity index (χ1v) is 11.2. The van der Waals surface area contributed by atoms with Gasteiger partial charge >= 0.3 is 0 Å².